The van der Waals surface area contributed by atoms with E-state index in [4.69, 9.17) is 16.3 Å². The summed E-state index contributed by atoms with van der Waals surface area (Å²) in [6.45, 7) is 2.28. The summed E-state index contributed by atoms with van der Waals surface area (Å²) in [5, 5.41) is 12.5. The van der Waals surface area contributed by atoms with Gasteiger partial charge in [-0.05, 0) is 65.6 Å². The number of benzene rings is 3. The Kier molecular flexibility index (Phi) is 7.42. The second kappa shape index (κ2) is 10.4. The van der Waals surface area contributed by atoms with E-state index in [-0.39, 0.29) is 18.0 Å². The van der Waals surface area contributed by atoms with E-state index in [1.54, 1.807) is 42.5 Å². The molecular weight excluding hydrogens is 415 g/mol. The fourth-order valence-electron chi connectivity index (χ4n) is 2.80. The third-order valence-corrected chi connectivity index (χ3v) is 4.86. The van der Waals surface area contributed by atoms with Gasteiger partial charge in [0, 0.05) is 5.69 Å². The van der Waals surface area contributed by atoms with Crippen LogP contribution < -0.4 is 10.1 Å². The number of anilines is 1. The number of carbonyl (C=O) groups excluding carboxylic acids is 1. The summed E-state index contributed by atoms with van der Waals surface area (Å²) in [6.07, 6.45) is 2.37. The van der Waals surface area contributed by atoms with Gasteiger partial charge in [0.2, 0.25) is 0 Å². The van der Waals surface area contributed by atoms with E-state index in [9.17, 15) is 14.4 Å². The lowest BCUT2D eigenvalue weighted by atomic mass is 10.1. The first-order valence-corrected chi connectivity index (χ1v) is 10.0. The van der Waals surface area contributed by atoms with Gasteiger partial charge < -0.3 is 10.1 Å². The molecule has 3 aromatic rings. The number of halogens is 2. The largest absolute Gasteiger partial charge is 0.487 e. The molecule has 4 nitrogen and oxygen atoms in total. The highest BCUT2D eigenvalue weighted by atomic mass is 35.5. The molecule has 0 unspecified atom stereocenters. The molecule has 31 heavy (non-hydrogen) atoms. The first kappa shape index (κ1) is 22.1. The zero-order valence-corrected chi connectivity index (χ0v) is 17.6. The first-order chi connectivity index (χ1) is 15.0. The lowest BCUT2D eigenvalue weighted by Gasteiger charge is -2.09. The zero-order chi connectivity index (χ0) is 22.2. The maximum Gasteiger partial charge on any atom is 0.266 e. The van der Waals surface area contributed by atoms with E-state index in [2.05, 4.69) is 5.32 Å². The molecule has 1 N–H and O–H groups in total. The third kappa shape index (κ3) is 6.18. The molecule has 0 heterocycles. The molecule has 0 fully saturated rings. The Balaban J connectivity index is 1.68. The van der Waals surface area contributed by atoms with Crippen LogP contribution in [0.2, 0.25) is 5.02 Å². The lowest BCUT2D eigenvalue weighted by molar-refractivity contribution is -0.112. The van der Waals surface area contributed by atoms with Gasteiger partial charge in [-0.2, -0.15) is 5.26 Å². The highest BCUT2D eigenvalue weighted by Gasteiger charge is 2.11. The summed E-state index contributed by atoms with van der Waals surface area (Å²) < 4.78 is 18.7. The topological polar surface area (TPSA) is 62.1 Å². The number of rotatable bonds is 7. The van der Waals surface area contributed by atoms with E-state index in [0.717, 1.165) is 17.5 Å². The predicted molar refractivity (Wildman–Crippen MR) is 120 cm³/mol. The van der Waals surface area contributed by atoms with Crippen molar-refractivity contribution in [3.63, 3.8) is 0 Å². The molecule has 3 rings (SSSR count). The summed E-state index contributed by atoms with van der Waals surface area (Å²) >= 11 is 6.29. The van der Waals surface area contributed by atoms with Gasteiger partial charge in [0.1, 0.15) is 29.8 Å². The van der Waals surface area contributed by atoms with Gasteiger partial charge in [0.25, 0.3) is 5.91 Å². The molecule has 0 aromatic heterocycles. The number of hydrogen-bond acceptors (Lipinski definition) is 3. The second-order valence-electron chi connectivity index (χ2n) is 6.78. The number of amides is 1. The lowest BCUT2D eigenvalue weighted by Crippen LogP contribution is -2.13. The number of nitriles is 1. The molecule has 6 heteroatoms. The Hall–Kier alpha value is -3.62. The molecule has 0 aliphatic heterocycles. The van der Waals surface area contributed by atoms with Crippen LogP contribution in [0.15, 0.2) is 72.3 Å². The Morgan fingerprint density at radius 2 is 1.77 bits per heavy atom. The van der Waals surface area contributed by atoms with Crippen LogP contribution in [0, 0.1) is 17.1 Å². The Bertz CT molecular complexity index is 1130. The molecule has 0 atom stereocenters. The average Bonchev–Trinajstić information content (AvgIpc) is 2.78. The zero-order valence-electron chi connectivity index (χ0n) is 16.9. The predicted octanol–water partition coefficient (Wildman–Crippen LogP) is 6.17. The summed E-state index contributed by atoms with van der Waals surface area (Å²) in [4.78, 5) is 12.5. The molecule has 0 aliphatic carbocycles. The van der Waals surface area contributed by atoms with Crippen molar-refractivity contribution >= 4 is 29.3 Å². The molecule has 156 valence electrons. The van der Waals surface area contributed by atoms with E-state index in [1.165, 1.54) is 18.2 Å². The molecule has 0 bridgehead atoms. The maximum absolute atomic E-state index is 13.0. The molecule has 0 saturated heterocycles. The number of hydrogen-bond donors (Lipinski definition) is 1. The number of aryl methyl sites for hydroxylation is 1. The minimum absolute atomic E-state index is 0.0457. The van der Waals surface area contributed by atoms with Crippen molar-refractivity contribution in [2.24, 2.45) is 0 Å². The van der Waals surface area contributed by atoms with Crippen LogP contribution in [0.1, 0.15) is 23.6 Å². The quantitative estimate of drug-likeness (QED) is 0.357. The van der Waals surface area contributed by atoms with Crippen molar-refractivity contribution < 1.29 is 13.9 Å². The Morgan fingerprint density at radius 3 is 2.39 bits per heavy atom. The van der Waals surface area contributed by atoms with Crippen LogP contribution in [0.4, 0.5) is 10.1 Å². The van der Waals surface area contributed by atoms with Crippen LogP contribution >= 0.6 is 11.6 Å². The number of ether oxygens (including phenoxy) is 1. The highest BCUT2D eigenvalue weighted by molar-refractivity contribution is 6.32. The first-order valence-electron chi connectivity index (χ1n) is 9.67. The summed E-state index contributed by atoms with van der Waals surface area (Å²) in [6, 6.07) is 20.3. The average molecular weight is 435 g/mol. The van der Waals surface area contributed by atoms with Crippen LogP contribution in [0.25, 0.3) is 6.08 Å². The van der Waals surface area contributed by atoms with Crippen LogP contribution in [0.5, 0.6) is 5.75 Å². The normalized spacial score (nSPS) is 11.0. The van der Waals surface area contributed by atoms with E-state index >= 15 is 0 Å². The van der Waals surface area contributed by atoms with Crippen molar-refractivity contribution in [3.05, 3.63) is 99.8 Å². The fraction of sp³-hybridized carbons (Fsp3) is 0.120. The SMILES string of the molecule is CCc1ccc(NC(=O)/C(C#N)=C/c2ccc(OCc3ccc(F)cc3)c(Cl)c2)cc1. The van der Waals surface area contributed by atoms with Gasteiger partial charge in [-0.1, -0.05) is 48.9 Å². The van der Waals surface area contributed by atoms with E-state index < -0.39 is 5.91 Å². The summed E-state index contributed by atoms with van der Waals surface area (Å²) in [5.41, 5.74) is 3.12. The minimum Gasteiger partial charge on any atom is -0.487 e. The van der Waals surface area contributed by atoms with Crippen LogP contribution in [0.3, 0.4) is 0 Å². The van der Waals surface area contributed by atoms with Crippen molar-refractivity contribution in [3.8, 4) is 11.8 Å². The molecule has 0 radical (unpaired) electrons. The van der Waals surface area contributed by atoms with Crippen LogP contribution in [-0.2, 0) is 17.8 Å². The van der Waals surface area contributed by atoms with Gasteiger partial charge in [-0.25, -0.2) is 4.39 Å². The summed E-state index contributed by atoms with van der Waals surface area (Å²) in [5.74, 6) is -0.366. The number of nitrogens with one attached hydrogen (secondary N) is 1. The monoisotopic (exact) mass is 434 g/mol. The molecule has 0 aliphatic rings. The highest BCUT2D eigenvalue weighted by Crippen LogP contribution is 2.27. The van der Waals surface area contributed by atoms with E-state index in [1.807, 2.05) is 25.1 Å². The van der Waals surface area contributed by atoms with Crippen molar-refractivity contribution in [1.29, 1.82) is 5.26 Å². The second-order valence-corrected chi connectivity index (χ2v) is 7.19. The van der Waals surface area contributed by atoms with Gasteiger partial charge in [0.05, 0.1) is 5.02 Å². The molecule has 0 saturated carbocycles. The standard InChI is InChI=1S/C25H20ClFN2O2/c1-2-17-5-10-22(11-6-17)29-25(30)20(15-28)13-19-7-12-24(23(26)14-19)31-16-18-3-8-21(27)9-4-18/h3-14H,2,16H2,1H3,(H,29,30)/b20-13+. The Morgan fingerprint density at radius 1 is 1.10 bits per heavy atom. The molecule has 0 spiro atoms. The maximum atomic E-state index is 13.0. The fourth-order valence-corrected chi connectivity index (χ4v) is 3.05. The number of nitrogens with zero attached hydrogens (tertiary/aromatic N) is 1. The smallest absolute Gasteiger partial charge is 0.266 e. The molecule has 3 aromatic carbocycles. The molecular formula is C25H20ClFN2O2. The van der Waals surface area contributed by atoms with Gasteiger partial charge >= 0.3 is 0 Å². The van der Waals surface area contributed by atoms with Gasteiger partial charge in [-0.15, -0.1) is 0 Å². The van der Waals surface area contributed by atoms with Crippen molar-refractivity contribution in [2.75, 3.05) is 5.32 Å². The molecule has 1 amide bonds. The third-order valence-electron chi connectivity index (χ3n) is 4.56. The van der Waals surface area contributed by atoms with Gasteiger partial charge in [-0.3, -0.25) is 4.79 Å². The van der Waals surface area contributed by atoms with Crippen LogP contribution in [-0.4, -0.2) is 5.91 Å². The van der Waals surface area contributed by atoms with Gasteiger partial charge in [0.15, 0.2) is 0 Å². The Labute approximate surface area is 185 Å². The summed E-state index contributed by atoms with van der Waals surface area (Å²) in [7, 11) is 0. The van der Waals surface area contributed by atoms with Crippen molar-refractivity contribution in [1.82, 2.24) is 0 Å². The van der Waals surface area contributed by atoms with E-state index in [0.29, 0.717) is 22.0 Å². The minimum atomic E-state index is -0.500. The van der Waals surface area contributed by atoms with Crippen molar-refractivity contribution in [2.45, 2.75) is 20.0 Å². The number of carbonyl (C=O) groups is 1.